The summed E-state index contributed by atoms with van der Waals surface area (Å²) in [6, 6.07) is 0. The molecule has 0 aromatic rings. The van der Waals surface area contributed by atoms with Gasteiger partial charge in [-0.15, -0.1) is 0 Å². The van der Waals surface area contributed by atoms with Gasteiger partial charge < -0.3 is 0 Å². The van der Waals surface area contributed by atoms with Crippen molar-refractivity contribution in [2.24, 2.45) is 27.1 Å². The van der Waals surface area contributed by atoms with Crippen molar-refractivity contribution in [3.05, 3.63) is 0 Å². The van der Waals surface area contributed by atoms with Crippen molar-refractivity contribution in [2.75, 3.05) is 0 Å². The monoisotopic (exact) mass is 308 g/mol. The molecule has 1 aliphatic carbocycles. The molecule has 0 nitrogen and oxygen atoms in total. The lowest BCUT2D eigenvalue weighted by Gasteiger charge is -2.61. The second-order valence-electron chi connectivity index (χ2n) is 11.9. The van der Waals surface area contributed by atoms with Crippen LogP contribution in [0.15, 0.2) is 0 Å². The molecule has 0 spiro atoms. The Morgan fingerprint density at radius 3 is 1.14 bits per heavy atom. The topological polar surface area (TPSA) is 0 Å². The van der Waals surface area contributed by atoms with Crippen LogP contribution in [0.1, 0.15) is 114 Å². The molecule has 0 radical (unpaired) electrons. The summed E-state index contributed by atoms with van der Waals surface area (Å²) in [7, 11) is 0. The summed E-state index contributed by atoms with van der Waals surface area (Å²) in [5, 5.41) is 0. The minimum absolute atomic E-state index is 0.403. The second kappa shape index (κ2) is 6.14. The lowest BCUT2D eigenvalue weighted by atomic mass is 9.44. The zero-order chi connectivity index (χ0) is 17.4. The van der Waals surface area contributed by atoms with Crippen LogP contribution in [0, 0.1) is 27.1 Å². The van der Waals surface area contributed by atoms with Crippen LogP contribution in [0.4, 0.5) is 0 Å². The Balaban J connectivity index is 3.25. The van der Waals surface area contributed by atoms with E-state index in [1.807, 2.05) is 0 Å². The first-order chi connectivity index (χ1) is 9.62. The molecule has 0 aromatic carbocycles. The lowest BCUT2D eigenvalue weighted by Crippen LogP contribution is -2.52. The summed E-state index contributed by atoms with van der Waals surface area (Å²) in [6.07, 6.45) is 9.82. The molecule has 0 amide bonds. The molecule has 1 saturated carbocycles. The van der Waals surface area contributed by atoms with Crippen molar-refractivity contribution in [1.82, 2.24) is 0 Å². The molecular formula is C22H44. The fourth-order valence-electron chi connectivity index (χ4n) is 6.41. The highest BCUT2D eigenvalue weighted by Gasteiger charge is 2.55. The van der Waals surface area contributed by atoms with Gasteiger partial charge in [-0.1, -0.05) is 88.5 Å². The lowest BCUT2D eigenvalue weighted by molar-refractivity contribution is -0.114. The predicted molar refractivity (Wildman–Crippen MR) is 101 cm³/mol. The Morgan fingerprint density at radius 1 is 0.545 bits per heavy atom. The fraction of sp³-hybridized carbons (Fsp3) is 1.00. The van der Waals surface area contributed by atoms with Crippen molar-refractivity contribution >= 4 is 0 Å². The smallest absolute Gasteiger partial charge is 0.0195 e. The molecule has 1 aliphatic rings. The average molecular weight is 309 g/mol. The minimum atomic E-state index is 0.403. The standard InChI is InChI=1S/C22H44/c1-18(2,3)16-20(7,8)22(14-12-11-13-15-22)21(9,10)17-19(4,5)6/h11-17H2,1-10H3. The normalized spacial score (nSPS) is 21.0. The van der Waals surface area contributed by atoms with E-state index in [9.17, 15) is 0 Å². The highest BCUT2D eigenvalue weighted by Crippen LogP contribution is 2.64. The van der Waals surface area contributed by atoms with Gasteiger partial charge in [0.2, 0.25) is 0 Å². The van der Waals surface area contributed by atoms with E-state index in [2.05, 4.69) is 69.2 Å². The molecule has 0 aromatic heterocycles. The van der Waals surface area contributed by atoms with E-state index in [4.69, 9.17) is 0 Å². The van der Waals surface area contributed by atoms with Gasteiger partial charge in [-0.05, 0) is 52.8 Å². The third-order valence-electron chi connectivity index (χ3n) is 6.24. The Labute approximate surface area is 141 Å². The van der Waals surface area contributed by atoms with Crippen molar-refractivity contribution < 1.29 is 0 Å². The molecular weight excluding hydrogens is 264 g/mol. The van der Waals surface area contributed by atoms with Crippen molar-refractivity contribution in [3.63, 3.8) is 0 Å². The predicted octanol–water partition coefficient (Wildman–Crippen LogP) is 7.86. The molecule has 1 rings (SSSR count). The van der Waals surface area contributed by atoms with Gasteiger partial charge in [0.15, 0.2) is 0 Å². The second-order valence-corrected chi connectivity index (χ2v) is 11.9. The maximum atomic E-state index is 2.58. The van der Waals surface area contributed by atoms with E-state index >= 15 is 0 Å². The van der Waals surface area contributed by atoms with Crippen LogP contribution in [0.2, 0.25) is 0 Å². The molecule has 0 aliphatic heterocycles. The first-order valence-corrected chi connectivity index (χ1v) is 9.62. The Bertz CT molecular complexity index is 320. The largest absolute Gasteiger partial charge is 0.0602 e. The van der Waals surface area contributed by atoms with Crippen LogP contribution in [0.25, 0.3) is 0 Å². The molecule has 0 heteroatoms. The van der Waals surface area contributed by atoms with E-state index in [0.29, 0.717) is 27.1 Å². The number of rotatable bonds is 4. The summed E-state index contributed by atoms with van der Waals surface area (Å²) in [4.78, 5) is 0. The van der Waals surface area contributed by atoms with Crippen molar-refractivity contribution in [3.8, 4) is 0 Å². The van der Waals surface area contributed by atoms with Crippen LogP contribution in [-0.4, -0.2) is 0 Å². The third kappa shape index (κ3) is 4.51. The summed E-state index contributed by atoms with van der Waals surface area (Å²) in [5.74, 6) is 0. The zero-order valence-corrected chi connectivity index (χ0v) is 17.4. The molecule has 0 unspecified atom stereocenters. The minimum Gasteiger partial charge on any atom is -0.0602 e. The molecule has 0 atom stereocenters. The van der Waals surface area contributed by atoms with Gasteiger partial charge in [0, 0.05) is 0 Å². The molecule has 0 N–H and O–H groups in total. The van der Waals surface area contributed by atoms with Gasteiger partial charge >= 0.3 is 0 Å². The summed E-state index contributed by atoms with van der Waals surface area (Å²) in [5.41, 5.74) is 2.11. The molecule has 132 valence electrons. The first kappa shape index (κ1) is 20.0. The van der Waals surface area contributed by atoms with Crippen LogP contribution >= 0.6 is 0 Å². The van der Waals surface area contributed by atoms with Gasteiger partial charge in [0.25, 0.3) is 0 Å². The van der Waals surface area contributed by atoms with Gasteiger partial charge in [0.1, 0.15) is 0 Å². The van der Waals surface area contributed by atoms with E-state index in [1.54, 1.807) is 0 Å². The number of hydrogen-bond acceptors (Lipinski definition) is 0. The van der Waals surface area contributed by atoms with E-state index < -0.39 is 0 Å². The zero-order valence-electron chi connectivity index (χ0n) is 17.4. The third-order valence-corrected chi connectivity index (χ3v) is 6.24. The maximum Gasteiger partial charge on any atom is -0.0195 e. The van der Waals surface area contributed by atoms with Crippen molar-refractivity contribution in [1.29, 1.82) is 0 Å². The Morgan fingerprint density at radius 2 is 0.864 bits per heavy atom. The van der Waals surface area contributed by atoms with Crippen LogP contribution in [0.3, 0.4) is 0 Å². The highest BCUT2D eigenvalue weighted by atomic mass is 14.6. The summed E-state index contributed by atoms with van der Waals surface area (Å²) < 4.78 is 0. The number of hydrogen-bond donors (Lipinski definition) is 0. The Hall–Kier alpha value is 0. The molecule has 0 saturated heterocycles. The molecule has 22 heavy (non-hydrogen) atoms. The highest BCUT2D eigenvalue weighted by molar-refractivity contribution is 5.05. The van der Waals surface area contributed by atoms with Crippen molar-refractivity contribution in [2.45, 2.75) is 114 Å². The Kier molecular flexibility index (Phi) is 5.59. The summed E-state index contributed by atoms with van der Waals surface area (Å²) in [6.45, 7) is 24.8. The van der Waals surface area contributed by atoms with Gasteiger partial charge in [-0.3, -0.25) is 0 Å². The molecule has 1 fully saturated rings. The SMILES string of the molecule is CC(C)(C)CC(C)(C)C1(C(C)(C)CC(C)(C)C)CCCCC1. The van der Waals surface area contributed by atoms with E-state index in [1.165, 1.54) is 44.9 Å². The van der Waals surface area contributed by atoms with Gasteiger partial charge in [-0.25, -0.2) is 0 Å². The first-order valence-electron chi connectivity index (χ1n) is 9.62. The maximum absolute atomic E-state index is 2.58. The van der Waals surface area contributed by atoms with E-state index in [-0.39, 0.29) is 0 Å². The van der Waals surface area contributed by atoms with Gasteiger partial charge in [0.05, 0.1) is 0 Å². The molecule has 0 bridgehead atoms. The van der Waals surface area contributed by atoms with E-state index in [0.717, 1.165) is 0 Å². The average Bonchev–Trinajstić information content (AvgIpc) is 2.23. The fourth-order valence-corrected chi connectivity index (χ4v) is 6.41. The van der Waals surface area contributed by atoms with Crippen LogP contribution in [0.5, 0.6) is 0 Å². The van der Waals surface area contributed by atoms with Crippen LogP contribution < -0.4 is 0 Å². The van der Waals surface area contributed by atoms with Gasteiger partial charge in [-0.2, -0.15) is 0 Å². The van der Waals surface area contributed by atoms with Crippen LogP contribution in [-0.2, 0) is 0 Å². The quantitative estimate of drug-likeness (QED) is 0.495. The summed E-state index contributed by atoms with van der Waals surface area (Å²) >= 11 is 0. The molecule has 0 heterocycles.